The number of benzene rings is 2. The number of aliphatic hydroxyl groups excluding tert-OH is 19. The van der Waals surface area contributed by atoms with Gasteiger partial charge in [0, 0.05) is 36.0 Å². The number of hydrogen-bond donors (Lipinski definition) is 22. The summed E-state index contributed by atoms with van der Waals surface area (Å²) in [5.74, 6) is -4.38. The van der Waals surface area contributed by atoms with Gasteiger partial charge < -0.3 is 193 Å². The molecule has 39 atom stereocenters. The van der Waals surface area contributed by atoms with Gasteiger partial charge in [-0.1, -0.05) is 44.6 Å². The van der Waals surface area contributed by atoms with Gasteiger partial charge >= 0.3 is 23.9 Å². The molecule has 0 aromatic heterocycles. The van der Waals surface area contributed by atoms with Gasteiger partial charge in [0.2, 0.25) is 31.5 Å². The number of phenols is 3. The Morgan fingerprint density at radius 1 is 0.516 bits per heavy atom. The van der Waals surface area contributed by atoms with Gasteiger partial charge in [-0.15, -0.1) is 13.2 Å². The maximum absolute atomic E-state index is 13.5. The van der Waals surface area contributed by atoms with Crippen LogP contribution in [-0.4, -0.2) is 368 Å². The lowest BCUT2D eigenvalue weighted by atomic mass is 9.81. The highest BCUT2D eigenvalue weighted by molar-refractivity contribution is 6.01. The first kappa shape index (κ1) is 97.3. The van der Waals surface area contributed by atoms with Gasteiger partial charge in [0.05, 0.1) is 99.2 Å². The molecular formula is C85H110O43. The molecule has 9 fully saturated rings. The van der Waals surface area contributed by atoms with E-state index in [1.54, 1.807) is 24.3 Å². The van der Waals surface area contributed by atoms with Crippen molar-refractivity contribution in [1.29, 1.82) is 0 Å². The first-order valence-electron chi connectivity index (χ1n) is 41.7. The van der Waals surface area contributed by atoms with Crippen molar-refractivity contribution in [2.24, 2.45) is 65.1 Å². The van der Waals surface area contributed by atoms with Crippen LogP contribution in [0.2, 0.25) is 0 Å². The standard InChI is InChI=1S/C29H28O13.C16H20O9.C15H22O10.C15H24O9.C10H16O2/c1-2-16-17-6-7-38-26(36)19(17)12-39-28(16)42-29-25(24(35)23(34)21(11-30)40-29)41-27(37)22-18(9-15(32)10-20(22)33)13-4-3-5-14(31)8-13;1-2-7-8-3-4-22-14(21)9(8)6-23-15(7)25-16-13(20)12(19)11(18)10(5-17)24-16;16-3-6-9(19)10(20)11(21)14(23-6)24-13-7-5(1-2-22-13)8(18)12-15(7,4-17)25-12;16-4-6-3-8(18)7-1-2-22-14(10(6)7)24-15-13(21)12(20)11(19)9(5-17)23-15;1-6-3-4-8-7(2)10(11)12-5-9(6)8/h2-6,8-10,12,16,21,23-25,28-35H,1,7,11H2;2-3,6-7,10-13,15-20H,1,4-5H2;1-2,5-14,16-21H,3-4H2;1-2,6-21H,3-5H2;6-9H,3-5H2,1-2H3/t16-,21-,23-,24+,25-,28+,29+;7-,10-,11-,12+,13-,15+,16+;5-,6-,7-,8+,9-,10+,11-,12+,13+,14+,15-;6?,7-,8+,9+,10+,11+,12-,13+,14-,15-;6-,7-,8+,9+/m11100/s1. The van der Waals surface area contributed by atoms with Gasteiger partial charge in [-0.2, -0.15) is 0 Å². The van der Waals surface area contributed by atoms with Crippen molar-refractivity contribution >= 4 is 23.9 Å². The molecule has 708 valence electrons. The van der Waals surface area contributed by atoms with Crippen LogP contribution in [0.3, 0.4) is 0 Å². The maximum Gasteiger partial charge on any atom is 0.343 e. The van der Waals surface area contributed by atoms with E-state index >= 15 is 0 Å². The average Bonchev–Trinajstić information content (AvgIpc) is 1.51. The molecule has 0 amide bonds. The van der Waals surface area contributed by atoms with E-state index in [1.165, 1.54) is 74.1 Å². The summed E-state index contributed by atoms with van der Waals surface area (Å²) < 4.78 is 92.4. The number of epoxide rings is 1. The Bertz CT molecular complexity index is 4400. The first-order valence-corrected chi connectivity index (χ1v) is 41.7. The van der Waals surface area contributed by atoms with E-state index in [-0.39, 0.29) is 95.8 Å². The summed E-state index contributed by atoms with van der Waals surface area (Å²) in [6.45, 7) is 9.66. The summed E-state index contributed by atoms with van der Waals surface area (Å²) in [6.07, 6.45) is -17.8. The van der Waals surface area contributed by atoms with E-state index in [9.17, 15) is 132 Å². The molecule has 43 nitrogen and oxygen atoms in total. The number of carbonyl (C=O) groups excluding carboxylic acids is 4. The van der Waals surface area contributed by atoms with Crippen LogP contribution in [0, 0.1) is 65.1 Å². The van der Waals surface area contributed by atoms with Crippen molar-refractivity contribution in [3.8, 4) is 28.4 Å². The van der Waals surface area contributed by atoms with Gasteiger partial charge in [-0.25, -0.2) is 14.4 Å². The average molecular weight is 1820 g/mol. The van der Waals surface area contributed by atoms with Crippen molar-refractivity contribution in [2.45, 2.75) is 205 Å². The summed E-state index contributed by atoms with van der Waals surface area (Å²) in [5.41, 5.74) is 0.343. The summed E-state index contributed by atoms with van der Waals surface area (Å²) in [4.78, 5) is 48.6. The van der Waals surface area contributed by atoms with Crippen LogP contribution < -0.4 is 0 Å². The monoisotopic (exact) mass is 1820 g/mol. The van der Waals surface area contributed by atoms with Crippen LogP contribution >= 0.6 is 0 Å². The van der Waals surface area contributed by atoms with E-state index < -0.39 is 245 Å². The molecule has 3 aliphatic carbocycles. The van der Waals surface area contributed by atoms with Gasteiger partial charge in [-0.05, 0) is 95.7 Å². The maximum atomic E-state index is 13.5. The third kappa shape index (κ3) is 19.6. The summed E-state index contributed by atoms with van der Waals surface area (Å²) in [5, 5.41) is 218. The Labute approximate surface area is 730 Å². The molecule has 0 bridgehead atoms. The molecule has 1 unspecified atom stereocenters. The minimum absolute atomic E-state index is 0.0118. The summed E-state index contributed by atoms with van der Waals surface area (Å²) >= 11 is 0. The van der Waals surface area contributed by atoms with Gasteiger partial charge in [0.15, 0.2) is 25.0 Å². The topological polar surface area (TPSA) is 674 Å². The number of ether oxygens (including phenoxy) is 17. The molecule has 15 aliphatic rings. The molecule has 128 heavy (non-hydrogen) atoms. The predicted molar refractivity (Wildman–Crippen MR) is 420 cm³/mol. The predicted octanol–water partition coefficient (Wildman–Crippen LogP) is -5.16. The second-order valence-electron chi connectivity index (χ2n) is 33.4. The molecule has 17 rings (SSSR count). The van der Waals surface area contributed by atoms with E-state index in [0.29, 0.717) is 36.0 Å². The molecule has 43 heteroatoms. The van der Waals surface area contributed by atoms with E-state index in [0.717, 1.165) is 18.2 Å². The van der Waals surface area contributed by atoms with Gasteiger partial charge in [0.25, 0.3) is 0 Å². The quantitative estimate of drug-likeness (QED) is 0.0271. The fraction of sp³-hybridized carbons (Fsp3) is 0.624. The third-order valence-corrected chi connectivity index (χ3v) is 25.9. The number of rotatable bonds is 19. The molecule has 0 spiro atoms. The fourth-order valence-electron chi connectivity index (χ4n) is 18.6. The van der Waals surface area contributed by atoms with Crippen LogP contribution in [0.25, 0.3) is 11.1 Å². The minimum Gasteiger partial charge on any atom is -0.508 e. The Morgan fingerprint density at radius 3 is 1.52 bits per heavy atom. The van der Waals surface area contributed by atoms with Crippen molar-refractivity contribution in [3.05, 3.63) is 139 Å². The SMILES string of the molecule is C=C[C@@H]1C2=CCOC(=O)C2=CO[C@H]1O[C@@H]1O[C@H](CO)[C@@H](O)[C@H](O)[C@H]1O.C=C[C@@H]1C2=CCOC(=O)C2=CO[C@H]1O[C@@H]1O[C@H](CO)[C@@H](O)[C@H](O)[C@H]1OC(=O)c1c(O)cc(O)cc1-c1cccc(O)c1.C[C@@H]1C(=O)OC[C@H]2[C@@H]1CC[C@@H]2C.OCC1C[C@@H](O)[C@@H]2C=CO[C@@H](O[C@@H]3O[C@H](CO)[C@@H](O)[C@H](O)[C@H]3O)[C@H]12.OC[C@H]1O[C@@H](O[C@@H]2OC=C[C@H]3[C@H](O)[C@@H]4O[C@]4(CO)[C@@H]23)[C@H](O)[C@@H](O)[C@@H]1O. The van der Waals surface area contributed by atoms with Crippen LogP contribution in [0.5, 0.6) is 17.2 Å². The Kier molecular flexibility index (Phi) is 31.7. The Hall–Kier alpha value is -8.28. The largest absolute Gasteiger partial charge is 0.508 e. The highest BCUT2D eigenvalue weighted by atomic mass is 16.8. The minimum atomic E-state index is -1.84. The highest BCUT2D eigenvalue weighted by Crippen LogP contribution is 2.60. The lowest BCUT2D eigenvalue weighted by Gasteiger charge is -2.43. The zero-order valence-electron chi connectivity index (χ0n) is 69.0. The van der Waals surface area contributed by atoms with Crippen molar-refractivity contribution in [2.75, 3.05) is 59.5 Å². The highest BCUT2D eigenvalue weighted by Gasteiger charge is 2.76. The van der Waals surface area contributed by atoms with Crippen LogP contribution in [0.15, 0.2) is 133 Å². The summed E-state index contributed by atoms with van der Waals surface area (Å²) in [6, 6.07) is 7.74. The zero-order chi connectivity index (χ0) is 92.3. The van der Waals surface area contributed by atoms with Crippen molar-refractivity contribution in [3.63, 3.8) is 0 Å². The third-order valence-electron chi connectivity index (χ3n) is 25.9. The molecule has 2 aromatic rings. The van der Waals surface area contributed by atoms with Gasteiger partial charge in [-0.3, -0.25) is 4.79 Å². The summed E-state index contributed by atoms with van der Waals surface area (Å²) in [7, 11) is 0. The van der Waals surface area contributed by atoms with Crippen LogP contribution in [-0.2, 0) is 94.9 Å². The van der Waals surface area contributed by atoms with Crippen LogP contribution in [0.1, 0.15) is 43.5 Å². The smallest absolute Gasteiger partial charge is 0.343 e. The molecule has 12 aliphatic heterocycles. The Morgan fingerprint density at radius 2 is 1.01 bits per heavy atom. The fourth-order valence-corrected chi connectivity index (χ4v) is 18.6. The van der Waals surface area contributed by atoms with E-state index in [4.69, 9.17) is 80.5 Å². The number of cyclic esters (lactones) is 3. The number of hydrogen-bond acceptors (Lipinski definition) is 43. The van der Waals surface area contributed by atoms with Crippen LogP contribution in [0.4, 0.5) is 0 Å². The lowest BCUT2D eigenvalue weighted by Crippen LogP contribution is -2.61. The lowest BCUT2D eigenvalue weighted by molar-refractivity contribution is -0.344. The van der Waals surface area contributed by atoms with E-state index in [1.807, 2.05) is 6.92 Å². The molecule has 6 saturated heterocycles. The molecule has 2 aromatic carbocycles. The number of phenolic OH excluding ortho intramolecular Hbond substituents is 3. The number of carbonyl (C=O) groups is 4. The Balaban J connectivity index is 0.000000143. The number of aliphatic hydroxyl groups is 19. The second kappa shape index (κ2) is 41.7. The molecule has 0 radical (unpaired) electrons. The van der Waals surface area contributed by atoms with Crippen molar-refractivity contribution in [1.82, 2.24) is 0 Å². The molecule has 3 saturated carbocycles. The normalized spacial score (nSPS) is 42.6. The number of esters is 4. The van der Waals surface area contributed by atoms with E-state index in [2.05, 4.69) is 20.1 Å². The zero-order valence-corrected chi connectivity index (χ0v) is 69.0. The molecule has 22 N–H and O–H groups in total. The molecule has 12 heterocycles. The second-order valence-corrected chi connectivity index (χ2v) is 33.4. The number of fused-ring (bicyclic) bond motifs is 7. The first-order chi connectivity index (χ1) is 61.2. The number of aromatic hydroxyl groups is 3. The van der Waals surface area contributed by atoms with Gasteiger partial charge in [0.1, 0.15) is 152 Å². The molecular weight excluding hydrogens is 1710 g/mol. The van der Waals surface area contributed by atoms with Crippen molar-refractivity contribution < 1.29 is 212 Å².